The lowest BCUT2D eigenvalue weighted by Crippen LogP contribution is -2.67. The van der Waals surface area contributed by atoms with Gasteiger partial charge in [-0.05, 0) is 41.8 Å². The molecule has 1 radical (unpaired) electrons. The highest BCUT2D eigenvalue weighted by atomic mass is 28.3. The van der Waals surface area contributed by atoms with Gasteiger partial charge in [-0.3, -0.25) is 19.0 Å². The number of nitrogens with one attached hydrogen (secondary N) is 2. The molecule has 0 aliphatic carbocycles. The minimum atomic E-state index is -4.71. The third kappa shape index (κ3) is 8.47. The predicted molar refractivity (Wildman–Crippen MR) is 168 cm³/mol. The van der Waals surface area contributed by atoms with E-state index in [2.05, 4.69) is 10.6 Å². The zero-order chi connectivity index (χ0) is 32.9. The van der Waals surface area contributed by atoms with E-state index in [1.165, 1.54) is 26.8 Å². The van der Waals surface area contributed by atoms with Gasteiger partial charge >= 0.3 is 6.18 Å². The molecule has 2 N–H and O–H groups in total. The SMILES string of the molecule is CC(C)C(NC(=O)Cn1c(-c2ccccc2)ccc(NC(=O)Cc2ccccc2)c1=O)(O[Si](C)C)C(C(C)(C)C)C(F)(F)F. The van der Waals surface area contributed by atoms with Crippen LogP contribution in [0.15, 0.2) is 77.6 Å². The molecule has 237 valence electrons. The highest BCUT2D eigenvalue weighted by molar-refractivity contribution is 6.48. The van der Waals surface area contributed by atoms with Crippen LogP contribution in [0.4, 0.5) is 18.9 Å². The number of pyridine rings is 1. The van der Waals surface area contributed by atoms with Crippen LogP contribution in [0.2, 0.25) is 13.1 Å². The Hall–Kier alpha value is -3.70. The average molecular weight is 629 g/mol. The number of nitrogens with zero attached hydrogens (tertiary/aromatic N) is 1. The van der Waals surface area contributed by atoms with E-state index < -0.39 is 62.1 Å². The average Bonchev–Trinajstić information content (AvgIpc) is 2.90. The van der Waals surface area contributed by atoms with Gasteiger partial charge in [0.1, 0.15) is 23.9 Å². The fraction of sp³-hybridized carbons (Fsp3) is 0.424. The molecule has 11 heteroatoms. The lowest BCUT2D eigenvalue weighted by Gasteiger charge is -2.50. The van der Waals surface area contributed by atoms with Crippen molar-refractivity contribution in [3.05, 3.63) is 88.7 Å². The zero-order valence-electron chi connectivity index (χ0n) is 26.2. The summed E-state index contributed by atoms with van der Waals surface area (Å²) in [6, 6.07) is 20.9. The summed E-state index contributed by atoms with van der Waals surface area (Å²) in [5, 5.41) is 5.25. The predicted octanol–water partition coefficient (Wildman–Crippen LogP) is 6.66. The molecular weight excluding hydrogens is 587 g/mol. The molecule has 0 aliphatic rings. The van der Waals surface area contributed by atoms with Crippen LogP contribution in [-0.4, -0.2) is 37.3 Å². The number of carbonyl (C=O) groups excluding carboxylic acids is 2. The van der Waals surface area contributed by atoms with Gasteiger partial charge in [0.25, 0.3) is 5.56 Å². The molecule has 1 heterocycles. The van der Waals surface area contributed by atoms with Gasteiger partial charge in [0, 0.05) is 5.92 Å². The number of alkyl halides is 3. The molecule has 2 amide bonds. The summed E-state index contributed by atoms with van der Waals surface area (Å²) in [6.45, 7) is 10.4. The fourth-order valence-corrected chi connectivity index (χ4v) is 6.62. The van der Waals surface area contributed by atoms with Gasteiger partial charge in [-0.1, -0.05) is 95.3 Å². The van der Waals surface area contributed by atoms with Crippen molar-refractivity contribution >= 4 is 26.5 Å². The molecule has 3 aromatic rings. The number of benzene rings is 2. The number of halogens is 3. The Morgan fingerprint density at radius 3 is 1.95 bits per heavy atom. The minimum Gasteiger partial charge on any atom is -0.394 e. The number of amides is 2. The fourth-order valence-electron chi connectivity index (χ4n) is 5.54. The van der Waals surface area contributed by atoms with E-state index in [1.807, 2.05) is 6.07 Å². The van der Waals surface area contributed by atoms with Gasteiger partial charge < -0.3 is 15.1 Å². The summed E-state index contributed by atoms with van der Waals surface area (Å²) in [5.74, 6) is -4.08. The van der Waals surface area contributed by atoms with Crippen LogP contribution in [0.3, 0.4) is 0 Å². The van der Waals surface area contributed by atoms with Gasteiger partial charge in [0.15, 0.2) is 0 Å². The van der Waals surface area contributed by atoms with E-state index in [1.54, 1.807) is 87.6 Å². The van der Waals surface area contributed by atoms with E-state index in [-0.39, 0.29) is 12.1 Å². The smallest absolute Gasteiger partial charge is 0.394 e. The Kier molecular flexibility index (Phi) is 11.0. The molecule has 1 aromatic heterocycles. The first-order valence-electron chi connectivity index (χ1n) is 14.5. The highest BCUT2D eigenvalue weighted by Crippen LogP contribution is 2.49. The molecule has 0 aliphatic heterocycles. The molecule has 0 spiro atoms. The molecule has 0 saturated carbocycles. The number of hydrogen-bond donors (Lipinski definition) is 2. The van der Waals surface area contributed by atoms with Crippen molar-refractivity contribution < 1.29 is 27.2 Å². The Bertz CT molecular complexity index is 1470. The molecule has 0 bridgehead atoms. The number of rotatable bonds is 11. The molecule has 0 saturated heterocycles. The second-order valence-electron chi connectivity index (χ2n) is 12.4. The second kappa shape index (κ2) is 13.9. The van der Waals surface area contributed by atoms with Crippen LogP contribution in [0.1, 0.15) is 40.2 Å². The van der Waals surface area contributed by atoms with Crippen LogP contribution in [0.5, 0.6) is 0 Å². The van der Waals surface area contributed by atoms with E-state index in [0.717, 1.165) is 10.1 Å². The summed E-state index contributed by atoms with van der Waals surface area (Å²) < 4.78 is 51.6. The van der Waals surface area contributed by atoms with Crippen molar-refractivity contribution in [1.82, 2.24) is 9.88 Å². The second-order valence-corrected chi connectivity index (χ2v) is 14.5. The topological polar surface area (TPSA) is 89.4 Å². The summed E-state index contributed by atoms with van der Waals surface area (Å²) in [4.78, 5) is 40.4. The van der Waals surface area contributed by atoms with Crippen molar-refractivity contribution in [2.24, 2.45) is 17.3 Å². The summed E-state index contributed by atoms with van der Waals surface area (Å²) in [7, 11) is -1.75. The number of hydrogen-bond acceptors (Lipinski definition) is 4. The van der Waals surface area contributed by atoms with E-state index in [4.69, 9.17) is 4.43 Å². The highest BCUT2D eigenvalue weighted by Gasteiger charge is 2.61. The van der Waals surface area contributed by atoms with Gasteiger partial charge in [0.2, 0.25) is 20.9 Å². The van der Waals surface area contributed by atoms with Gasteiger partial charge in [0.05, 0.1) is 12.1 Å². The summed E-state index contributed by atoms with van der Waals surface area (Å²) >= 11 is 0. The molecule has 2 aromatic carbocycles. The molecule has 7 nitrogen and oxygen atoms in total. The normalized spacial score (nSPS) is 14.3. The maximum atomic E-state index is 14.8. The minimum absolute atomic E-state index is 0.0269. The summed E-state index contributed by atoms with van der Waals surface area (Å²) in [6.07, 6.45) is -4.68. The van der Waals surface area contributed by atoms with Crippen LogP contribution in [0.25, 0.3) is 11.3 Å². The molecule has 3 rings (SSSR count). The Morgan fingerprint density at radius 2 is 1.45 bits per heavy atom. The number of carbonyl (C=O) groups is 2. The maximum Gasteiger partial charge on any atom is 0.396 e. The first-order valence-corrected chi connectivity index (χ1v) is 16.9. The van der Waals surface area contributed by atoms with Crippen LogP contribution in [0, 0.1) is 17.3 Å². The molecule has 2 atom stereocenters. The van der Waals surface area contributed by atoms with Crippen LogP contribution < -0.4 is 16.2 Å². The molecule has 2 unspecified atom stereocenters. The largest absolute Gasteiger partial charge is 0.396 e. The lowest BCUT2D eigenvalue weighted by atomic mass is 9.70. The number of aromatic nitrogens is 1. The van der Waals surface area contributed by atoms with E-state index in [9.17, 15) is 27.6 Å². The lowest BCUT2D eigenvalue weighted by molar-refractivity contribution is -0.265. The third-order valence-electron chi connectivity index (χ3n) is 7.21. The third-order valence-corrected chi connectivity index (χ3v) is 7.96. The van der Waals surface area contributed by atoms with E-state index in [0.29, 0.717) is 11.3 Å². The Labute approximate surface area is 258 Å². The van der Waals surface area contributed by atoms with Crippen LogP contribution in [-0.2, 0) is 27.0 Å². The number of anilines is 1. The quantitative estimate of drug-likeness (QED) is 0.184. The van der Waals surface area contributed by atoms with Crippen molar-refractivity contribution in [3.8, 4) is 11.3 Å². The van der Waals surface area contributed by atoms with Gasteiger partial charge in [-0.2, -0.15) is 13.2 Å². The Morgan fingerprint density at radius 1 is 0.886 bits per heavy atom. The standard InChI is InChI=1S/C33H41F3N3O4Si/c1-22(2)32(43-44(6)7,30(31(3,4)5)33(34,35)36)38-28(41)21-39-26(24-16-12-9-13-17-24)19-18-25(29(39)42)37-27(40)20-23-14-10-8-11-15-23/h8-19,22,30H,20-21H2,1-7H3,(H,37,40)(H,38,41). The van der Waals surface area contributed by atoms with Crippen LogP contribution >= 0.6 is 0 Å². The van der Waals surface area contributed by atoms with Crippen molar-refractivity contribution in [2.75, 3.05) is 5.32 Å². The zero-order valence-corrected chi connectivity index (χ0v) is 27.2. The Balaban J connectivity index is 2.07. The monoisotopic (exact) mass is 628 g/mol. The summed E-state index contributed by atoms with van der Waals surface area (Å²) in [5.41, 5.74) is -2.42. The first kappa shape index (κ1) is 34.8. The van der Waals surface area contributed by atoms with Gasteiger partial charge in [-0.25, -0.2) is 0 Å². The van der Waals surface area contributed by atoms with Crippen molar-refractivity contribution in [2.45, 2.75) is 72.6 Å². The maximum absolute atomic E-state index is 14.8. The molecular formula is C33H41F3N3O4Si. The first-order chi connectivity index (χ1) is 20.5. The molecule has 44 heavy (non-hydrogen) atoms. The van der Waals surface area contributed by atoms with Crippen molar-refractivity contribution in [3.63, 3.8) is 0 Å². The van der Waals surface area contributed by atoms with Gasteiger partial charge in [-0.15, -0.1) is 0 Å². The van der Waals surface area contributed by atoms with Crippen molar-refractivity contribution in [1.29, 1.82) is 0 Å². The molecule has 0 fully saturated rings. The van der Waals surface area contributed by atoms with E-state index >= 15 is 0 Å².